The maximum Gasteiger partial charge on any atom is 0.317 e. The van der Waals surface area contributed by atoms with Crippen LogP contribution in [0.4, 0.5) is 0 Å². The Labute approximate surface area is 91.6 Å². The lowest BCUT2D eigenvalue weighted by Gasteiger charge is -2.03. The molecule has 14 heavy (non-hydrogen) atoms. The third-order valence-electron chi connectivity index (χ3n) is 1.53. The third kappa shape index (κ3) is 3.96. The monoisotopic (exact) mass is 233 g/mol. The van der Waals surface area contributed by atoms with E-state index >= 15 is 0 Å². The van der Waals surface area contributed by atoms with Gasteiger partial charge >= 0.3 is 5.97 Å². The molecule has 1 rings (SSSR count). The van der Waals surface area contributed by atoms with E-state index in [0.29, 0.717) is 16.6 Å². The topological polar surface area (TPSA) is 49.3 Å². The van der Waals surface area contributed by atoms with Gasteiger partial charge in [0, 0.05) is 16.6 Å². The molecule has 0 fully saturated rings. The molecule has 0 aliphatic rings. The summed E-state index contributed by atoms with van der Waals surface area (Å²) >= 11 is 11.5. The molecule has 0 aliphatic heterocycles. The average molecular weight is 234 g/mol. The number of aliphatic carboxylic acids is 1. The van der Waals surface area contributed by atoms with E-state index in [2.05, 4.69) is 5.32 Å². The zero-order valence-electron chi connectivity index (χ0n) is 7.26. The first-order valence-corrected chi connectivity index (χ1v) is 4.71. The van der Waals surface area contributed by atoms with Gasteiger partial charge in [0.25, 0.3) is 0 Å². The second-order valence-electron chi connectivity index (χ2n) is 2.77. The van der Waals surface area contributed by atoms with E-state index in [-0.39, 0.29) is 6.54 Å². The number of nitrogens with one attached hydrogen (secondary N) is 1. The summed E-state index contributed by atoms with van der Waals surface area (Å²) in [7, 11) is 0. The number of halogens is 2. The van der Waals surface area contributed by atoms with Gasteiger partial charge in [-0.25, -0.2) is 0 Å². The van der Waals surface area contributed by atoms with Gasteiger partial charge in [0.05, 0.1) is 6.54 Å². The Kier molecular flexibility index (Phi) is 4.20. The molecule has 0 aliphatic carbocycles. The van der Waals surface area contributed by atoms with E-state index < -0.39 is 5.97 Å². The summed E-state index contributed by atoms with van der Waals surface area (Å²) in [5.41, 5.74) is 0.865. The van der Waals surface area contributed by atoms with Crippen molar-refractivity contribution in [2.75, 3.05) is 6.54 Å². The molecule has 1 aromatic rings. The Morgan fingerprint density at radius 3 is 2.36 bits per heavy atom. The van der Waals surface area contributed by atoms with Gasteiger partial charge < -0.3 is 10.4 Å². The molecular formula is C9H9Cl2NO2. The highest BCUT2D eigenvalue weighted by atomic mass is 35.5. The first kappa shape index (κ1) is 11.3. The molecule has 1 aromatic carbocycles. The maximum absolute atomic E-state index is 10.2. The smallest absolute Gasteiger partial charge is 0.317 e. The lowest BCUT2D eigenvalue weighted by atomic mass is 10.2. The van der Waals surface area contributed by atoms with Crippen LogP contribution in [0.1, 0.15) is 5.56 Å². The van der Waals surface area contributed by atoms with E-state index in [0.717, 1.165) is 5.56 Å². The largest absolute Gasteiger partial charge is 0.480 e. The van der Waals surface area contributed by atoms with Crippen molar-refractivity contribution in [3.63, 3.8) is 0 Å². The van der Waals surface area contributed by atoms with Crippen molar-refractivity contribution in [3.8, 4) is 0 Å². The van der Waals surface area contributed by atoms with Gasteiger partial charge in [-0.3, -0.25) is 4.79 Å². The number of carboxylic acid groups (broad SMARTS) is 1. The molecule has 0 bridgehead atoms. The SMILES string of the molecule is O=C(O)CNCc1cc(Cl)cc(Cl)c1. The first-order chi connectivity index (χ1) is 6.58. The van der Waals surface area contributed by atoms with E-state index in [1.54, 1.807) is 18.2 Å². The number of hydrogen-bond donors (Lipinski definition) is 2. The number of benzene rings is 1. The zero-order chi connectivity index (χ0) is 10.6. The maximum atomic E-state index is 10.2. The molecule has 2 N–H and O–H groups in total. The molecule has 0 atom stereocenters. The highest BCUT2D eigenvalue weighted by Crippen LogP contribution is 2.18. The predicted molar refractivity (Wildman–Crippen MR) is 55.8 cm³/mol. The number of rotatable bonds is 4. The highest BCUT2D eigenvalue weighted by Gasteiger charge is 1.99. The number of carboxylic acids is 1. The molecule has 0 heterocycles. The van der Waals surface area contributed by atoms with Crippen molar-refractivity contribution in [1.29, 1.82) is 0 Å². The normalized spacial score (nSPS) is 10.1. The summed E-state index contributed by atoms with van der Waals surface area (Å²) < 4.78 is 0. The van der Waals surface area contributed by atoms with E-state index in [1.165, 1.54) is 0 Å². The van der Waals surface area contributed by atoms with Gasteiger partial charge in [-0.1, -0.05) is 23.2 Å². The lowest BCUT2D eigenvalue weighted by Crippen LogP contribution is -2.21. The predicted octanol–water partition coefficient (Wildman–Crippen LogP) is 2.17. The molecule has 0 spiro atoms. The lowest BCUT2D eigenvalue weighted by molar-refractivity contribution is -0.135. The van der Waals surface area contributed by atoms with Crippen LogP contribution in [-0.2, 0) is 11.3 Å². The highest BCUT2D eigenvalue weighted by molar-refractivity contribution is 6.34. The third-order valence-corrected chi connectivity index (χ3v) is 1.96. The van der Waals surface area contributed by atoms with Crippen molar-refractivity contribution < 1.29 is 9.90 Å². The van der Waals surface area contributed by atoms with Crippen LogP contribution in [0.5, 0.6) is 0 Å². The van der Waals surface area contributed by atoms with E-state index in [1.807, 2.05) is 0 Å². The van der Waals surface area contributed by atoms with Crippen molar-refractivity contribution >= 4 is 29.2 Å². The van der Waals surface area contributed by atoms with Crippen LogP contribution >= 0.6 is 23.2 Å². The van der Waals surface area contributed by atoms with Gasteiger partial charge in [-0.2, -0.15) is 0 Å². The summed E-state index contributed by atoms with van der Waals surface area (Å²) in [6, 6.07) is 5.11. The summed E-state index contributed by atoms with van der Waals surface area (Å²) in [6.07, 6.45) is 0. The fourth-order valence-electron chi connectivity index (χ4n) is 1.03. The molecule has 0 saturated carbocycles. The first-order valence-electron chi connectivity index (χ1n) is 3.95. The fraction of sp³-hybridized carbons (Fsp3) is 0.222. The summed E-state index contributed by atoms with van der Waals surface area (Å²) in [4.78, 5) is 10.2. The number of carbonyl (C=O) groups is 1. The molecular weight excluding hydrogens is 225 g/mol. The van der Waals surface area contributed by atoms with Crippen molar-refractivity contribution in [2.24, 2.45) is 0 Å². The minimum absolute atomic E-state index is 0.0792. The quantitative estimate of drug-likeness (QED) is 0.839. The Morgan fingerprint density at radius 2 is 1.86 bits per heavy atom. The van der Waals surface area contributed by atoms with Gasteiger partial charge in [0.15, 0.2) is 0 Å². The van der Waals surface area contributed by atoms with Gasteiger partial charge in [-0.05, 0) is 23.8 Å². The van der Waals surface area contributed by atoms with Crippen molar-refractivity contribution in [1.82, 2.24) is 5.32 Å². The van der Waals surface area contributed by atoms with Crippen LogP contribution < -0.4 is 5.32 Å². The number of hydrogen-bond acceptors (Lipinski definition) is 2. The standard InChI is InChI=1S/C9H9Cl2NO2/c10-7-1-6(2-8(11)3-7)4-12-5-9(13)14/h1-3,12H,4-5H2,(H,13,14). The van der Waals surface area contributed by atoms with Crippen LogP contribution in [0.25, 0.3) is 0 Å². The minimum Gasteiger partial charge on any atom is -0.480 e. The van der Waals surface area contributed by atoms with Gasteiger partial charge in [-0.15, -0.1) is 0 Å². The van der Waals surface area contributed by atoms with E-state index in [4.69, 9.17) is 28.3 Å². The van der Waals surface area contributed by atoms with Crippen molar-refractivity contribution in [3.05, 3.63) is 33.8 Å². The van der Waals surface area contributed by atoms with Crippen LogP contribution in [-0.4, -0.2) is 17.6 Å². The zero-order valence-corrected chi connectivity index (χ0v) is 8.77. The Balaban J connectivity index is 2.54. The minimum atomic E-state index is -0.891. The van der Waals surface area contributed by atoms with Crippen LogP contribution in [0, 0.1) is 0 Å². The van der Waals surface area contributed by atoms with Gasteiger partial charge in [0.2, 0.25) is 0 Å². The summed E-state index contributed by atoms with van der Waals surface area (Å²) in [5, 5.41) is 12.2. The van der Waals surface area contributed by atoms with Crippen LogP contribution in [0.15, 0.2) is 18.2 Å². The van der Waals surface area contributed by atoms with Crippen molar-refractivity contribution in [2.45, 2.75) is 6.54 Å². The molecule has 0 radical (unpaired) electrons. The molecule has 0 amide bonds. The van der Waals surface area contributed by atoms with Gasteiger partial charge in [0.1, 0.15) is 0 Å². The van der Waals surface area contributed by atoms with E-state index in [9.17, 15) is 4.79 Å². The van der Waals surface area contributed by atoms with Crippen LogP contribution in [0.3, 0.4) is 0 Å². The summed E-state index contributed by atoms with van der Waals surface area (Å²) in [5.74, 6) is -0.891. The molecule has 76 valence electrons. The fourth-order valence-corrected chi connectivity index (χ4v) is 1.60. The molecule has 5 heteroatoms. The summed E-state index contributed by atoms with van der Waals surface area (Å²) in [6.45, 7) is 0.358. The second kappa shape index (κ2) is 5.20. The average Bonchev–Trinajstić information content (AvgIpc) is 2.01. The Bertz CT molecular complexity index is 321. The molecule has 0 aromatic heterocycles. The second-order valence-corrected chi connectivity index (χ2v) is 3.65. The molecule has 0 saturated heterocycles. The van der Waals surface area contributed by atoms with Crippen LogP contribution in [0.2, 0.25) is 10.0 Å². The Hall–Kier alpha value is -0.770. The molecule has 3 nitrogen and oxygen atoms in total. The molecule has 0 unspecified atom stereocenters. The Morgan fingerprint density at radius 1 is 1.29 bits per heavy atom.